The van der Waals surface area contributed by atoms with E-state index in [-0.39, 0.29) is 27.8 Å². The molecule has 4 rings (SSSR count). The van der Waals surface area contributed by atoms with Gasteiger partial charge in [-0.25, -0.2) is 0 Å². The van der Waals surface area contributed by atoms with Gasteiger partial charge < -0.3 is 19.3 Å². The zero-order chi connectivity index (χ0) is 23.9. The molecule has 1 aliphatic rings. The summed E-state index contributed by atoms with van der Waals surface area (Å²) in [5.74, 6) is -2.31. The highest BCUT2D eigenvalue weighted by Crippen LogP contribution is 2.48. The highest BCUT2D eigenvalue weighted by atomic mass is 35.5. The van der Waals surface area contributed by atoms with Gasteiger partial charge in [0.1, 0.15) is 12.2 Å². The number of hydrogen-bond donors (Lipinski definition) is 1. The maximum absolute atomic E-state index is 13.8. The molecule has 2 atom stereocenters. The Balaban J connectivity index is 2.05. The fraction of sp³-hybridized carbons (Fsp3) is 0.286. The number of nitrogens with zero attached hydrogens (tertiary/aromatic N) is 3. The molecule has 0 fully saturated rings. The van der Waals surface area contributed by atoms with Crippen LogP contribution in [0.4, 0.5) is 13.2 Å². The van der Waals surface area contributed by atoms with Crippen molar-refractivity contribution in [2.45, 2.75) is 24.8 Å². The summed E-state index contributed by atoms with van der Waals surface area (Å²) in [7, 11) is 2.83. The second-order valence-corrected chi connectivity index (χ2v) is 7.48. The van der Waals surface area contributed by atoms with Crippen molar-refractivity contribution in [2.75, 3.05) is 14.2 Å². The minimum atomic E-state index is -4.87. The van der Waals surface area contributed by atoms with Crippen LogP contribution in [0.3, 0.4) is 0 Å². The van der Waals surface area contributed by atoms with Crippen LogP contribution in [0.1, 0.15) is 41.4 Å². The van der Waals surface area contributed by atoms with E-state index >= 15 is 0 Å². The molecule has 1 aromatic heterocycles. The van der Waals surface area contributed by atoms with Crippen LogP contribution in [0.15, 0.2) is 36.4 Å². The number of hydrogen-bond acceptors (Lipinski definition) is 6. The van der Waals surface area contributed by atoms with Gasteiger partial charge in [-0.1, -0.05) is 29.8 Å². The van der Waals surface area contributed by atoms with Crippen LogP contribution in [0, 0.1) is 0 Å². The number of fused-ring (bicyclic) bond motifs is 3. The highest BCUT2D eigenvalue weighted by molar-refractivity contribution is 6.31. The third kappa shape index (κ3) is 3.98. The van der Waals surface area contributed by atoms with Crippen LogP contribution in [0.5, 0.6) is 11.5 Å². The number of carboxylic acid groups (broad SMARTS) is 1. The fourth-order valence-corrected chi connectivity index (χ4v) is 4.11. The van der Waals surface area contributed by atoms with Crippen molar-refractivity contribution in [3.8, 4) is 17.2 Å². The van der Waals surface area contributed by atoms with Crippen molar-refractivity contribution in [1.82, 2.24) is 14.8 Å². The summed E-state index contributed by atoms with van der Waals surface area (Å²) < 4.78 is 59.1. The Hall–Kier alpha value is -3.31. The second kappa shape index (κ2) is 8.56. The third-order valence-corrected chi connectivity index (χ3v) is 5.47. The molecule has 1 N–H and O–H groups in total. The molecule has 2 aromatic carbocycles. The number of halogens is 4. The van der Waals surface area contributed by atoms with Crippen molar-refractivity contribution in [2.24, 2.45) is 0 Å². The van der Waals surface area contributed by atoms with E-state index in [9.17, 15) is 23.1 Å². The standard InChI is InChI=1S/C21H17ClF3N3O5/c1-31-13-8-3-5-10(17(13)32-2)18-16-11(22)6-4-7-12(16)28-19(14(33-18)9-15(29)30)26-27-20(28)21(23,24)25/h3-8,14,18H,9H2,1-2H3,(H,29,30)/t14-,18-/m1/s1. The molecule has 33 heavy (non-hydrogen) atoms. The molecule has 2 heterocycles. The fourth-order valence-electron chi connectivity index (χ4n) is 3.84. The molecule has 8 nitrogen and oxygen atoms in total. The quantitative estimate of drug-likeness (QED) is 0.567. The van der Waals surface area contributed by atoms with Crippen molar-refractivity contribution in [3.05, 3.63) is 64.2 Å². The Morgan fingerprint density at radius 2 is 1.91 bits per heavy atom. The highest BCUT2D eigenvalue weighted by Gasteiger charge is 2.44. The third-order valence-electron chi connectivity index (χ3n) is 5.14. The van der Waals surface area contributed by atoms with Gasteiger partial charge in [0.05, 0.1) is 26.3 Å². The monoisotopic (exact) mass is 483 g/mol. The molecule has 3 aromatic rings. The molecule has 0 unspecified atom stereocenters. The van der Waals surface area contributed by atoms with Crippen molar-refractivity contribution in [3.63, 3.8) is 0 Å². The van der Waals surface area contributed by atoms with Crippen LogP contribution in [-0.4, -0.2) is 40.1 Å². The van der Waals surface area contributed by atoms with Gasteiger partial charge in [0.25, 0.3) is 0 Å². The van der Waals surface area contributed by atoms with Gasteiger partial charge in [0, 0.05) is 16.1 Å². The minimum absolute atomic E-state index is 0.0117. The first kappa shape index (κ1) is 22.9. The van der Waals surface area contributed by atoms with Crippen LogP contribution < -0.4 is 9.47 Å². The van der Waals surface area contributed by atoms with Gasteiger partial charge in [-0.05, 0) is 18.2 Å². The summed E-state index contributed by atoms with van der Waals surface area (Å²) in [6.07, 6.45) is -8.02. The molecular formula is C21H17ClF3N3O5. The van der Waals surface area contributed by atoms with Gasteiger partial charge in [-0.2, -0.15) is 13.2 Å². The lowest BCUT2D eigenvalue weighted by atomic mass is 9.98. The Kier molecular flexibility index (Phi) is 5.93. The van der Waals surface area contributed by atoms with E-state index in [1.54, 1.807) is 18.2 Å². The molecule has 0 amide bonds. The van der Waals surface area contributed by atoms with Crippen molar-refractivity contribution in [1.29, 1.82) is 0 Å². The van der Waals surface area contributed by atoms with Crippen LogP contribution in [0.25, 0.3) is 5.69 Å². The van der Waals surface area contributed by atoms with Gasteiger partial charge in [0.15, 0.2) is 17.3 Å². The van der Waals surface area contributed by atoms with E-state index in [2.05, 4.69) is 10.2 Å². The lowest BCUT2D eigenvalue weighted by Gasteiger charge is -2.25. The minimum Gasteiger partial charge on any atom is -0.493 e. The summed E-state index contributed by atoms with van der Waals surface area (Å²) in [5, 5.41) is 16.5. The lowest BCUT2D eigenvalue weighted by molar-refractivity contribution is -0.146. The number of carbonyl (C=O) groups is 1. The number of aliphatic carboxylic acids is 1. The molecule has 12 heteroatoms. The van der Waals surface area contributed by atoms with Crippen LogP contribution in [0.2, 0.25) is 5.02 Å². The summed E-state index contributed by atoms with van der Waals surface area (Å²) >= 11 is 6.48. The average Bonchev–Trinajstić information content (AvgIpc) is 3.16. The van der Waals surface area contributed by atoms with Gasteiger partial charge in [-0.15, -0.1) is 10.2 Å². The topological polar surface area (TPSA) is 95.7 Å². The van der Waals surface area contributed by atoms with E-state index in [4.69, 9.17) is 25.8 Å². The Morgan fingerprint density at radius 3 is 2.55 bits per heavy atom. The first-order valence-corrected chi connectivity index (χ1v) is 9.94. The second-order valence-electron chi connectivity index (χ2n) is 7.07. The van der Waals surface area contributed by atoms with Crippen molar-refractivity contribution >= 4 is 17.6 Å². The Labute approximate surface area is 190 Å². The summed E-state index contributed by atoms with van der Waals surface area (Å²) in [6.45, 7) is 0. The lowest BCUT2D eigenvalue weighted by Crippen LogP contribution is -2.17. The molecule has 0 saturated carbocycles. The Morgan fingerprint density at radius 1 is 1.18 bits per heavy atom. The number of benzene rings is 2. The maximum atomic E-state index is 13.8. The zero-order valence-electron chi connectivity index (χ0n) is 17.3. The molecule has 1 aliphatic heterocycles. The maximum Gasteiger partial charge on any atom is 0.452 e. The number of aromatic nitrogens is 3. The molecular weight excluding hydrogens is 467 g/mol. The SMILES string of the molecule is COc1cccc([C@H]2O[C@H](CC(=O)O)c3nnc(C(F)(F)F)n3-c3cccc(Cl)c32)c1OC. The number of carboxylic acids is 1. The summed E-state index contributed by atoms with van der Waals surface area (Å²) in [4.78, 5) is 11.6. The number of methoxy groups -OCH3 is 2. The number of para-hydroxylation sites is 1. The zero-order valence-corrected chi connectivity index (χ0v) is 18.0. The largest absolute Gasteiger partial charge is 0.493 e. The van der Waals surface area contributed by atoms with E-state index in [1.165, 1.54) is 32.4 Å². The first-order valence-electron chi connectivity index (χ1n) is 9.56. The van der Waals surface area contributed by atoms with Crippen molar-refractivity contribution < 1.29 is 37.3 Å². The molecule has 0 bridgehead atoms. The van der Waals surface area contributed by atoms with E-state index in [1.807, 2.05) is 0 Å². The Bertz CT molecular complexity index is 1210. The molecule has 0 spiro atoms. The molecule has 0 radical (unpaired) electrons. The molecule has 0 aliphatic carbocycles. The first-order chi connectivity index (χ1) is 15.7. The smallest absolute Gasteiger partial charge is 0.452 e. The summed E-state index contributed by atoms with van der Waals surface area (Å²) in [6, 6.07) is 9.30. The van der Waals surface area contributed by atoms with E-state index in [0.717, 1.165) is 4.57 Å². The van der Waals surface area contributed by atoms with Crippen LogP contribution >= 0.6 is 11.6 Å². The summed E-state index contributed by atoms with van der Waals surface area (Å²) in [5.41, 5.74) is 0.566. The van der Waals surface area contributed by atoms with Gasteiger partial charge in [0.2, 0.25) is 5.82 Å². The van der Waals surface area contributed by atoms with E-state index < -0.39 is 36.6 Å². The number of alkyl halides is 3. The number of ether oxygens (including phenoxy) is 3. The van der Waals surface area contributed by atoms with E-state index in [0.29, 0.717) is 11.3 Å². The van der Waals surface area contributed by atoms with Gasteiger partial charge >= 0.3 is 12.1 Å². The predicted octanol–water partition coefficient (Wildman–Crippen LogP) is 4.59. The molecule has 0 saturated heterocycles. The number of rotatable bonds is 5. The predicted molar refractivity (Wildman–Crippen MR) is 109 cm³/mol. The van der Waals surface area contributed by atoms with Crippen LogP contribution in [-0.2, 0) is 15.7 Å². The van der Waals surface area contributed by atoms with Gasteiger partial charge in [-0.3, -0.25) is 9.36 Å². The average molecular weight is 484 g/mol. The molecule has 174 valence electrons. The normalized spacial score (nSPS) is 17.6.